The minimum absolute atomic E-state index is 0.386. The first-order valence-electron chi connectivity index (χ1n) is 7.94. The van der Waals surface area contributed by atoms with Gasteiger partial charge in [-0.3, -0.25) is 9.80 Å². The van der Waals surface area contributed by atoms with Gasteiger partial charge in [0.1, 0.15) is 0 Å². The van der Waals surface area contributed by atoms with Crippen molar-refractivity contribution in [3.05, 3.63) is 34.9 Å². The van der Waals surface area contributed by atoms with Gasteiger partial charge in [-0.05, 0) is 37.8 Å². The minimum Gasteiger partial charge on any atom is -0.329 e. The van der Waals surface area contributed by atoms with E-state index in [0.29, 0.717) is 12.6 Å². The summed E-state index contributed by atoms with van der Waals surface area (Å²) in [5.74, 6) is 0. The van der Waals surface area contributed by atoms with Crippen LogP contribution < -0.4 is 5.73 Å². The largest absolute Gasteiger partial charge is 0.329 e. The Morgan fingerprint density at radius 1 is 1.15 bits per heavy atom. The maximum atomic E-state index is 6.09. The fraction of sp³-hybridized carbons (Fsp3) is 0.647. The molecule has 1 atom stereocenters. The summed E-state index contributed by atoms with van der Waals surface area (Å²) >= 11 is 0. The zero-order chi connectivity index (χ0) is 14.1. The molecule has 0 spiro atoms. The molecule has 1 heterocycles. The lowest BCUT2D eigenvalue weighted by molar-refractivity contribution is 0.0936. The standard InChI is InChI=1S/C17H27N3/c1-13-3-6-16(14(2)11-13)17(12-18)20-9-7-19(8-10-20)15-4-5-15/h3,6,11,15,17H,4-5,7-10,12,18H2,1-2H3. The molecular weight excluding hydrogens is 246 g/mol. The highest BCUT2D eigenvalue weighted by molar-refractivity contribution is 5.33. The Hall–Kier alpha value is -0.900. The molecule has 1 aliphatic heterocycles. The molecule has 1 aliphatic carbocycles. The Bertz CT molecular complexity index is 459. The van der Waals surface area contributed by atoms with E-state index in [1.807, 2.05) is 0 Å². The summed E-state index contributed by atoms with van der Waals surface area (Å²) in [4.78, 5) is 5.24. The predicted octanol–water partition coefficient (Wildman–Crippen LogP) is 2.08. The number of hydrogen-bond donors (Lipinski definition) is 1. The third kappa shape index (κ3) is 2.90. The molecule has 0 radical (unpaired) electrons. The quantitative estimate of drug-likeness (QED) is 0.911. The number of aryl methyl sites for hydroxylation is 2. The molecule has 20 heavy (non-hydrogen) atoms. The normalized spacial score (nSPS) is 22.9. The fourth-order valence-electron chi connectivity index (χ4n) is 3.53. The van der Waals surface area contributed by atoms with Gasteiger partial charge in [0, 0.05) is 44.8 Å². The second kappa shape index (κ2) is 5.84. The summed E-state index contributed by atoms with van der Waals surface area (Å²) in [5.41, 5.74) is 10.2. The van der Waals surface area contributed by atoms with Crippen molar-refractivity contribution < 1.29 is 0 Å². The van der Waals surface area contributed by atoms with Crippen LogP contribution in [0.1, 0.15) is 35.6 Å². The summed E-state index contributed by atoms with van der Waals surface area (Å²) in [6.07, 6.45) is 2.83. The summed E-state index contributed by atoms with van der Waals surface area (Å²) in [6.45, 7) is 9.83. The van der Waals surface area contributed by atoms with Gasteiger partial charge in [-0.25, -0.2) is 0 Å². The van der Waals surface area contributed by atoms with Crippen LogP contribution in [-0.4, -0.2) is 48.6 Å². The molecule has 0 bridgehead atoms. The van der Waals surface area contributed by atoms with Crippen LogP contribution in [0.2, 0.25) is 0 Å². The molecule has 3 rings (SSSR count). The van der Waals surface area contributed by atoms with Crippen molar-refractivity contribution in [2.24, 2.45) is 5.73 Å². The van der Waals surface area contributed by atoms with Crippen molar-refractivity contribution in [1.82, 2.24) is 9.80 Å². The summed E-state index contributed by atoms with van der Waals surface area (Å²) in [6, 6.07) is 8.05. The lowest BCUT2D eigenvalue weighted by atomic mass is 9.97. The molecule has 3 heteroatoms. The van der Waals surface area contributed by atoms with Crippen LogP contribution in [0.4, 0.5) is 0 Å². The molecule has 1 saturated heterocycles. The first kappa shape index (κ1) is 14.1. The first-order chi connectivity index (χ1) is 9.69. The van der Waals surface area contributed by atoms with Gasteiger partial charge in [-0.15, -0.1) is 0 Å². The zero-order valence-corrected chi connectivity index (χ0v) is 12.8. The van der Waals surface area contributed by atoms with Crippen molar-refractivity contribution in [2.75, 3.05) is 32.7 Å². The SMILES string of the molecule is Cc1ccc(C(CN)N2CCN(C3CC3)CC2)c(C)c1. The molecule has 1 aromatic carbocycles. The van der Waals surface area contributed by atoms with Crippen LogP contribution in [0.5, 0.6) is 0 Å². The van der Waals surface area contributed by atoms with Gasteiger partial charge >= 0.3 is 0 Å². The Labute approximate surface area is 122 Å². The van der Waals surface area contributed by atoms with Gasteiger partial charge in [0.2, 0.25) is 0 Å². The first-order valence-corrected chi connectivity index (χ1v) is 7.94. The second-order valence-electron chi connectivity index (χ2n) is 6.41. The smallest absolute Gasteiger partial charge is 0.0474 e. The van der Waals surface area contributed by atoms with E-state index in [2.05, 4.69) is 41.8 Å². The average molecular weight is 273 g/mol. The summed E-state index contributed by atoms with van der Waals surface area (Å²) in [5, 5.41) is 0. The molecule has 2 aliphatic rings. The molecule has 2 fully saturated rings. The lowest BCUT2D eigenvalue weighted by Crippen LogP contribution is -2.49. The van der Waals surface area contributed by atoms with Crippen molar-refractivity contribution in [1.29, 1.82) is 0 Å². The van der Waals surface area contributed by atoms with Gasteiger partial charge in [0.05, 0.1) is 0 Å². The van der Waals surface area contributed by atoms with Gasteiger partial charge in [-0.1, -0.05) is 23.8 Å². The third-order valence-corrected chi connectivity index (χ3v) is 4.86. The van der Waals surface area contributed by atoms with Crippen molar-refractivity contribution in [2.45, 2.75) is 38.8 Å². The summed E-state index contributed by atoms with van der Waals surface area (Å²) in [7, 11) is 0. The maximum Gasteiger partial charge on any atom is 0.0474 e. The number of rotatable bonds is 4. The van der Waals surface area contributed by atoms with Crippen molar-refractivity contribution in [3.8, 4) is 0 Å². The van der Waals surface area contributed by atoms with Crippen LogP contribution in [0, 0.1) is 13.8 Å². The highest BCUT2D eigenvalue weighted by Gasteiger charge is 2.33. The number of hydrogen-bond acceptors (Lipinski definition) is 3. The van der Waals surface area contributed by atoms with Crippen LogP contribution in [-0.2, 0) is 0 Å². The topological polar surface area (TPSA) is 32.5 Å². The maximum absolute atomic E-state index is 6.09. The number of nitrogens with zero attached hydrogens (tertiary/aromatic N) is 2. The van der Waals surface area contributed by atoms with E-state index in [-0.39, 0.29) is 0 Å². The Morgan fingerprint density at radius 3 is 2.40 bits per heavy atom. The second-order valence-corrected chi connectivity index (χ2v) is 6.41. The van der Waals surface area contributed by atoms with Crippen molar-refractivity contribution in [3.63, 3.8) is 0 Å². The van der Waals surface area contributed by atoms with Gasteiger partial charge in [0.25, 0.3) is 0 Å². The lowest BCUT2D eigenvalue weighted by Gasteiger charge is -2.39. The zero-order valence-electron chi connectivity index (χ0n) is 12.8. The van der Waals surface area contributed by atoms with E-state index in [1.54, 1.807) is 0 Å². The van der Waals surface area contributed by atoms with Crippen LogP contribution in [0.25, 0.3) is 0 Å². The predicted molar refractivity (Wildman–Crippen MR) is 83.9 cm³/mol. The molecule has 0 amide bonds. The Morgan fingerprint density at radius 2 is 1.85 bits per heavy atom. The molecule has 110 valence electrons. The van der Waals surface area contributed by atoms with E-state index in [9.17, 15) is 0 Å². The number of piperazine rings is 1. The van der Waals surface area contributed by atoms with Crippen LogP contribution in [0.15, 0.2) is 18.2 Å². The van der Waals surface area contributed by atoms with Gasteiger partial charge in [0.15, 0.2) is 0 Å². The molecule has 1 aromatic rings. The van der Waals surface area contributed by atoms with Gasteiger partial charge in [-0.2, -0.15) is 0 Å². The molecule has 1 unspecified atom stereocenters. The van der Waals surface area contributed by atoms with E-state index in [0.717, 1.165) is 19.1 Å². The Kier molecular flexibility index (Phi) is 4.11. The van der Waals surface area contributed by atoms with E-state index >= 15 is 0 Å². The third-order valence-electron chi connectivity index (χ3n) is 4.86. The minimum atomic E-state index is 0.386. The van der Waals surface area contributed by atoms with Crippen LogP contribution in [0.3, 0.4) is 0 Å². The Balaban J connectivity index is 1.69. The number of benzene rings is 1. The van der Waals surface area contributed by atoms with Crippen LogP contribution >= 0.6 is 0 Å². The average Bonchev–Trinajstić information content (AvgIpc) is 3.27. The summed E-state index contributed by atoms with van der Waals surface area (Å²) < 4.78 is 0. The highest BCUT2D eigenvalue weighted by Crippen LogP contribution is 2.30. The number of nitrogens with two attached hydrogens (primary N) is 1. The van der Waals surface area contributed by atoms with E-state index in [4.69, 9.17) is 5.73 Å². The molecule has 2 N–H and O–H groups in total. The van der Waals surface area contributed by atoms with E-state index < -0.39 is 0 Å². The van der Waals surface area contributed by atoms with E-state index in [1.165, 1.54) is 42.6 Å². The fourth-order valence-corrected chi connectivity index (χ4v) is 3.53. The monoisotopic (exact) mass is 273 g/mol. The van der Waals surface area contributed by atoms with Crippen molar-refractivity contribution >= 4 is 0 Å². The molecule has 1 saturated carbocycles. The van der Waals surface area contributed by atoms with Gasteiger partial charge < -0.3 is 5.73 Å². The molecular formula is C17H27N3. The highest BCUT2D eigenvalue weighted by atomic mass is 15.3. The molecule has 3 nitrogen and oxygen atoms in total. The molecule has 0 aromatic heterocycles.